The van der Waals surface area contributed by atoms with Gasteiger partial charge in [-0.05, 0) is 43.2 Å². The number of hydrogen-bond donors (Lipinski definition) is 1. The molecule has 2 saturated heterocycles. The molecule has 2 fully saturated rings. The summed E-state index contributed by atoms with van der Waals surface area (Å²) in [5, 5.41) is 17.8. The number of aromatic nitrogens is 4. The van der Waals surface area contributed by atoms with Crippen LogP contribution in [0, 0.1) is 5.92 Å². The fourth-order valence-corrected chi connectivity index (χ4v) is 5.50. The smallest absolute Gasteiger partial charge is 0.292 e. The van der Waals surface area contributed by atoms with Gasteiger partial charge in [-0.2, -0.15) is 14.9 Å². The first-order chi connectivity index (χ1) is 18.8. The van der Waals surface area contributed by atoms with Crippen LogP contribution in [0.5, 0.6) is 0 Å². The van der Waals surface area contributed by atoms with Crippen molar-refractivity contribution in [1.29, 1.82) is 0 Å². The van der Waals surface area contributed by atoms with Crippen LogP contribution in [0.4, 0.5) is 11.5 Å². The highest BCUT2D eigenvalue weighted by Gasteiger charge is 2.26. The summed E-state index contributed by atoms with van der Waals surface area (Å²) in [6, 6.07) is 8.32. The van der Waals surface area contributed by atoms with Gasteiger partial charge >= 0.3 is 0 Å². The van der Waals surface area contributed by atoms with Crippen molar-refractivity contribution >= 4 is 69.5 Å². The Morgan fingerprint density at radius 3 is 2.33 bits per heavy atom. The minimum Gasteiger partial charge on any atom is -0.368 e. The second kappa shape index (κ2) is 12.1. The number of nitrogens with one attached hydrogen (secondary N) is 1. The Labute approximate surface area is 244 Å². The Hall–Kier alpha value is -2.92. The second-order valence-corrected chi connectivity index (χ2v) is 10.9. The van der Waals surface area contributed by atoms with Gasteiger partial charge in [0.2, 0.25) is 5.91 Å². The number of halogens is 4. The number of hydrogen-bond acceptors (Lipinski definition) is 8. The van der Waals surface area contributed by atoms with E-state index in [4.69, 9.17) is 46.4 Å². The molecule has 1 N–H and O–H groups in total. The van der Waals surface area contributed by atoms with E-state index in [1.807, 2.05) is 11.0 Å². The summed E-state index contributed by atoms with van der Waals surface area (Å²) in [5.41, 5.74) is 4.10. The van der Waals surface area contributed by atoms with Crippen molar-refractivity contribution in [1.82, 2.24) is 25.4 Å². The molecule has 0 bridgehead atoms. The molecule has 0 unspecified atom stereocenters. The average molecular weight is 610 g/mol. The molecule has 204 valence electrons. The Bertz CT molecular complexity index is 1450. The molecule has 2 aliphatic rings. The third-order valence-corrected chi connectivity index (χ3v) is 7.95. The highest BCUT2D eigenvalue weighted by atomic mass is 35.5. The van der Waals surface area contributed by atoms with Gasteiger partial charge in [0.15, 0.2) is 11.0 Å². The fourth-order valence-electron chi connectivity index (χ4n) is 4.66. The van der Waals surface area contributed by atoms with E-state index >= 15 is 0 Å². The molecule has 39 heavy (non-hydrogen) atoms. The quantitative estimate of drug-likeness (QED) is 0.420. The zero-order valence-electron chi connectivity index (χ0n) is 20.7. The summed E-state index contributed by atoms with van der Waals surface area (Å²) < 4.78 is 1.16. The second-order valence-electron chi connectivity index (χ2n) is 9.27. The maximum atomic E-state index is 12.9. The van der Waals surface area contributed by atoms with E-state index in [1.54, 1.807) is 24.4 Å². The lowest BCUT2D eigenvalue weighted by Gasteiger charge is -2.32. The molecule has 14 heteroatoms. The summed E-state index contributed by atoms with van der Waals surface area (Å²) in [7, 11) is 0. The number of anilines is 2. The van der Waals surface area contributed by atoms with E-state index in [0.29, 0.717) is 78.4 Å². The van der Waals surface area contributed by atoms with Crippen LogP contribution < -0.4 is 20.8 Å². The minimum atomic E-state index is -0.473. The van der Waals surface area contributed by atoms with Gasteiger partial charge < -0.3 is 9.80 Å². The van der Waals surface area contributed by atoms with E-state index in [9.17, 15) is 9.59 Å². The molecular formula is C25H24Cl4N8O2. The highest BCUT2D eigenvalue weighted by molar-refractivity contribution is 6.36. The normalized spacial score (nSPS) is 16.4. The summed E-state index contributed by atoms with van der Waals surface area (Å²) in [6.45, 7) is 2.58. The molecule has 2 aromatic heterocycles. The summed E-state index contributed by atoms with van der Waals surface area (Å²) in [5.74, 6) is 0.562. The summed E-state index contributed by atoms with van der Waals surface area (Å²) in [6.07, 6.45) is 4.20. The van der Waals surface area contributed by atoms with Gasteiger partial charge in [-0.25, -0.2) is 5.43 Å². The lowest BCUT2D eigenvalue weighted by Crippen LogP contribution is -2.40. The first kappa shape index (κ1) is 27.6. The molecule has 0 atom stereocenters. The molecule has 2 aliphatic heterocycles. The van der Waals surface area contributed by atoms with Crippen LogP contribution in [0.2, 0.25) is 20.2 Å². The predicted molar refractivity (Wildman–Crippen MR) is 154 cm³/mol. The van der Waals surface area contributed by atoms with Crippen LogP contribution in [0.3, 0.4) is 0 Å². The molecule has 4 heterocycles. The summed E-state index contributed by atoms with van der Waals surface area (Å²) in [4.78, 5) is 29.7. The van der Waals surface area contributed by atoms with E-state index in [-0.39, 0.29) is 16.8 Å². The number of rotatable bonds is 5. The van der Waals surface area contributed by atoms with Crippen LogP contribution in [0.15, 0.2) is 46.4 Å². The zero-order chi connectivity index (χ0) is 27.5. The van der Waals surface area contributed by atoms with E-state index in [0.717, 1.165) is 16.2 Å². The van der Waals surface area contributed by atoms with Crippen LogP contribution in [0.25, 0.3) is 5.69 Å². The van der Waals surface area contributed by atoms with E-state index < -0.39 is 5.56 Å². The number of amides is 1. The lowest BCUT2D eigenvalue weighted by molar-refractivity contribution is -0.125. The molecule has 0 saturated carbocycles. The van der Waals surface area contributed by atoms with Crippen LogP contribution in [-0.4, -0.2) is 57.8 Å². The van der Waals surface area contributed by atoms with Crippen LogP contribution in [0.1, 0.15) is 25.7 Å². The average Bonchev–Trinajstić information content (AvgIpc) is 2.94. The van der Waals surface area contributed by atoms with E-state index in [1.165, 1.54) is 6.07 Å². The molecule has 1 amide bonds. The largest absolute Gasteiger partial charge is 0.368 e. The zero-order valence-corrected chi connectivity index (χ0v) is 23.7. The monoisotopic (exact) mass is 608 g/mol. The van der Waals surface area contributed by atoms with Crippen LogP contribution >= 0.6 is 46.4 Å². The lowest BCUT2D eigenvalue weighted by atomic mass is 9.96. The van der Waals surface area contributed by atoms with Crippen LogP contribution in [-0.2, 0) is 4.79 Å². The molecule has 10 nitrogen and oxygen atoms in total. The fraction of sp³-hybridized carbons (Fsp3) is 0.360. The van der Waals surface area contributed by atoms with Gasteiger partial charge in [-0.15, -0.1) is 10.2 Å². The first-order valence-corrected chi connectivity index (χ1v) is 13.9. The van der Waals surface area contributed by atoms with E-state index in [2.05, 4.69) is 30.7 Å². The number of nitrogens with zero attached hydrogens (tertiary/aromatic N) is 7. The van der Waals surface area contributed by atoms with Crippen molar-refractivity contribution in [3.05, 3.63) is 67.1 Å². The number of piperidine rings is 2. The molecule has 0 aliphatic carbocycles. The van der Waals surface area contributed by atoms with Crippen molar-refractivity contribution in [2.24, 2.45) is 11.0 Å². The standard InChI is InChI=1S/C25H24Cl4N8O2/c26-16-1-2-19(18(27)13-16)37-25(39)23(29)20(14-30-37)35-11-7-17(8-12-35)31-34-24(38)15-5-9-36(10-6-15)22-4-3-21(28)32-33-22/h1-4,13-15H,5-12H2,(H,34,38). The Balaban J connectivity index is 1.15. The van der Waals surface area contributed by atoms with Crippen molar-refractivity contribution < 1.29 is 4.79 Å². The van der Waals surface area contributed by atoms with Crippen molar-refractivity contribution in [3.8, 4) is 5.69 Å². The van der Waals surface area contributed by atoms with Gasteiger partial charge in [0.05, 0.1) is 22.6 Å². The summed E-state index contributed by atoms with van der Waals surface area (Å²) >= 11 is 24.5. The third kappa shape index (κ3) is 6.30. The van der Waals surface area contributed by atoms with Crippen molar-refractivity contribution in [2.45, 2.75) is 25.7 Å². The number of carbonyl (C=O) groups is 1. The number of hydrazone groups is 1. The van der Waals surface area contributed by atoms with Crippen molar-refractivity contribution in [2.75, 3.05) is 36.0 Å². The third-order valence-electron chi connectivity index (χ3n) is 6.85. The minimum absolute atomic E-state index is 0.0561. The van der Waals surface area contributed by atoms with Gasteiger partial charge in [-0.1, -0.05) is 46.4 Å². The van der Waals surface area contributed by atoms with Gasteiger partial charge in [0, 0.05) is 55.7 Å². The molecule has 0 radical (unpaired) electrons. The SMILES string of the molecule is O=C(NN=C1CCN(c2cnn(-c3ccc(Cl)cc3Cl)c(=O)c2Cl)CC1)C1CCN(c2ccc(Cl)nn2)CC1. The van der Waals surface area contributed by atoms with Crippen molar-refractivity contribution in [3.63, 3.8) is 0 Å². The highest BCUT2D eigenvalue weighted by Crippen LogP contribution is 2.27. The van der Waals surface area contributed by atoms with Gasteiger partial charge in [0.1, 0.15) is 5.02 Å². The predicted octanol–water partition coefficient (Wildman–Crippen LogP) is 4.63. The maximum Gasteiger partial charge on any atom is 0.292 e. The Kier molecular flexibility index (Phi) is 8.56. The molecule has 3 aromatic rings. The molecule has 1 aromatic carbocycles. The number of carbonyl (C=O) groups excluding carboxylic acids is 1. The Morgan fingerprint density at radius 2 is 1.67 bits per heavy atom. The first-order valence-electron chi connectivity index (χ1n) is 12.4. The maximum absolute atomic E-state index is 12.9. The molecule has 0 spiro atoms. The Morgan fingerprint density at radius 1 is 0.923 bits per heavy atom. The van der Waals surface area contributed by atoms with Gasteiger partial charge in [0.25, 0.3) is 5.56 Å². The van der Waals surface area contributed by atoms with Gasteiger partial charge in [-0.3, -0.25) is 9.59 Å². The topological polar surface area (TPSA) is 109 Å². The number of benzene rings is 1. The molecule has 5 rings (SSSR count). The molecular weight excluding hydrogens is 586 g/mol.